The van der Waals surface area contributed by atoms with Crippen LogP contribution in [0.2, 0.25) is 5.02 Å². The molecule has 0 aromatic heterocycles. The number of benzene rings is 1. The van der Waals surface area contributed by atoms with Crippen LogP contribution >= 0.6 is 11.6 Å². The first-order valence-corrected chi connectivity index (χ1v) is 8.73. The lowest BCUT2D eigenvalue weighted by Crippen LogP contribution is -2.49. The van der Waals surface area contributed by atoms with Gasteiger partial charge < -0.3 is 4.74 Å². The Hall–Kier alpha value is -0.820. The molecule has 0 aliphatic carbocycles. The normalized spacial score (nSPS) is 18.1. The minimum Gasteiger partial charge on any atom is -0.492 e. The molecule has 2 rings (SSSR count). The minimum absolute atomic E-state index is 0.552. The summed E-state index contributed by atoms with van der Waals surface area (Å²) in [5.74, 6) is 0.757. The molecule has 0 spiro atoms. The van der Waals surface area contributed by atoms with Crippen molar-refractivity contribution in [3.8, 4) is 5.75 Å². The third-order valence-corrected chi connectivity index (χ3v) is 4.81. The quantitative estimate of drug-likeness (QED) is 0.821. The highest BCUT2D eigenvalue weighted by atomic mass is 35.5. The molecule has 0 atom stereocenters. The van der Waals surface area contributed by atoms with E-state index >= 15 is 0 Å². The van der Waals surface area contributed by atoms with Gasteiger partial charge in [-0.15, -0.1) is 0 Å². The van der Waals surface area contributed by atoms with Crippen molar-refractivity contribution in [2.75, 3.05) is 45.6 Å². The molecule has 0 radical (unpaired) electrons. The van der Waals surface area contributed by atoms with Gasteiger partial charge in [-0.25, -0.2) is 8.42 Å². The molecule has 0 bridgehead atoms. The second-order valence-electron chi connectivity index (χ2n) is 4.81. The fraction of sp³-hybridized carbons (Fsp3) is 0.538. The van der Waals surface area contributed by atoms with E-state index in [2.05, 4.69) is 4.90 Å². The van der Waals surface area contributed by atoms with Crippen molar-refractivity contribution in [3.63, 3.8) is 0 Å². The molecule has 0 N–H and O–H groups in total. The van der Waals surface area contributed by atoms with Crippen molar-refractivity contribution in [1.82, 2.24) is 9.21 Å². The van der Waals surface area contributed by atoms with Crippen LogP contribution in [-0.4, -0.2) is 63.2 Å². The Bertz CT molecular complexity index is 542. The molecule has 0 unspecified atom stereocenters. The van der Waals surface area contributed by atoms with Gasteiger partial charge >= 0.3 is 0 Å². The van der Waals surface area contributed by atoms with Gasteiger partial charge in [0.1, 0.15) is 12.4 Å². The zero-order valence-corrected chi connectivity index (χ0v) is 13.0. The van der Waals surface area contributed by atoms with Crippen molar-refractivity contribution in [3.05, 3.63) is 29.3 Å². The van der Waals surface area contributed by atoms with Crippen LogP contribution in [-0.2, 0) is 10.0 Å². The van der Waals surface area contributed by atoms with Gasteiger partial charge in [-0.2, -0.15) is 4.31 Å². The molecular weight excluding hydrogens is 300 g/mol. The predicted octanol–water partition coefficient (Wildman–Crippen LogP) is 1.30. The SMILES string of the molecule is CS(=O)(=O)N1CCN(CCOc2cccc(Cl)c2)CC1. The van der Waals surface area contributed by atoms with Crippen LogP contribution < -0.4 is 4.74 Å². The van der Waals surface area contributed by atoms with E-state index in [9.17, 15) is 8.42 Å². The van der Waals surface area contributed by atoms with Gasteiger partial charge in [0.05, 0.1) is 6.26 Å². The standard InChI is InChI=1S/C13H19ClN2O3S/c1-20(17,18)16-7-5-15(6-8-16)9-10-19-13-4-2-3-12(14)11-13/h2-4,11H,5-10H2,1H3. The van der Waals surface area contributed by atoms with Crippen molar-refractivity contribution in [2.45, 2.75) is 0 Å². The van der Waals surface area contributed by atoms with E-state index in [4.69, 9.17) is 16.3 Å². The van der Waals surface area contributed by atoms with Gasteiger partial charge in [-0.1, -0.05) is 17.7 Å². The van der Waals surface area contributed by atoms with E-state index in [1.165, 1.54) is 10.6 Å². The largest absolute Gasteiger partial charge is 0.492 e. The second kappa shape index (κ2) is 6.76. The first-order chi connectivity index (χ1) is 9.45. The number of rotatable bonds is 5. The molecule has 1 fully saturated rings. The molecule has 1 aliphatic rings. The molecule has 1 saturated heterocycles. The van der Waals surface area contributed by atoms with Crippen LogP contribution in [0.25, 0.3) is 0 Å². The van der Waals surface area contributed by atoms with E-state index < -0.39 is 10.0 Å². The highest BCUT2D eigenvalue weighted by Gasteiger charge is 2.22. The third-order valence-electron chi connectivity index (χ3n) is 3.27. The maximum atomic E-state index is 11.4. The number of piperazine rings is 1. The summed E-state index contributed by atoms with van der Waals surface area (Å²) in [5.41, 5.74) is 0. The van der Waals surface area contributed by atoms with Gasteiger partial charge in [-0.05, 0) is 18.2 Å². The molecule has 1 aromatic rings. The topological polar surface area (TPSA) is 49.9 Å². The van der Waals surface area contributed by atoms with Gasteiger partial charge in [0.15, 0.2) is 0 Å². The molecule has 112 valence electrons. The molecule has 7 heteroatoms. The molecule has 0 saturated carbocycles. The van der Waals surface area contributed by atoms with E-state index in [1.807, 2.05) is 12.1 Å². The summed E-state index contributed by atoms with van der Waals surface area (Å²) in [6.07, 6.45) is 1.25. The zero-order chi connectivity index (χ0) is 14.6. The van der Waals surface area contributed by atoms with Gasteiger partial charge in [-0.3, -0.25) is 4.90 Å². The lowest BCUT2D eigenvalue weighted by molar-refractivity contribution is 0.159. The molecule has 0 amide bonds. The van der Waals surface area contributed by atoms with E-state index in [-0.39, 0.29) is 0 Å². The minimum atomic E-state index is -3.06. The Balaban J connectivity index is 1.71. The lowest BCUT2D eigenvalue weighted by Gasteiger charge is -2.33. The molecule has 1 heterocycles. The monoisotopic (exact) mass is 318 g/mol. The first-order valence-electron chi connectivity index (χ1n) is 6.51. The highest BCUT2D eigenvalue weighted by Crippen LogP contribution is 2.17. The Labute approximate surface area is 125 Å². The van der Waals surface area contributed by atoms with E-state index in [0.717, 1.165) is 25.4 Å². The van der Waals surface area contributed by atoms with Crippen LogP contribution in [0.1, 0.15) is 0 Å². The number of ether oxygens (including phenoxy) is 1. The summed E-state index contributed by atoms with van der Waals surface area (Å²) in [4.78, 5) is 2.20. The third kappa shape index (κ3) is 4.63. The molecular formula is C13H19ClN2O3S. The van der Waals surface area contributed by atoms with Gasteiger partial charge in [0.2, 0.25) is 10.0 Å². The Morgan fingerprint density at radius 3 is 2.55 bits per heavy atom. The summed E-state index contributed by atoms with van der Waals surface area (Å²) >= 11 is 5.88. The first kappa shape index (κ1) is 15.6. The lowest BCUT2D eigenvalue weighted by atomic mass is 10.3. The van der Waals surface area contributed by atoms with Crippen molar-refractivity contribution in [2.24, 2.45) is 0 Å². The maximum Gasteiger partial charge on any atom is 0.211 e. The van der Waals surface area contributed by atoms with Crippen molar-refractivity contribution in [1.29, 1.82) is 0 Å². The number of hydrogen-bond acceptors (Lipinski definition) is 4. The summed E-state index contributed by atoms with van der Waals surface area (Å²) in [6.45, 7) is 3.94. The van der Waals surface area contributed by atoms with Crippen molar-refractivity contribution < 1.29 is 13.2 Å². The summed E-state index contributed by atoms with van der Waals surface area (Å²) in [7, 11) is -3.06. The second-order valence-corrected chi connectivity index (χ2v) is 7.23. The van der Waals surface area contributed by atoms with Crippen molar-refractivity contribution >= 4 is 21.6 Å². The molecule has 5 nitrogen and oxygen atoms in total. The Kier molecular flexibility index (Phi) is 5.26. The number of nitrogens with zero attached hydrogens (tertiary/aromatic N) is 2. The molecule has 1 aromatic carbocycles. The number of sulfonamides is 1. The van der Waals surface area contributed by atoms with Gasteiger partial charge in [0.25, 0.3) is 0 Å². The van der Waals surface area contributed by atoms with E-state index in [1.54, 1.807) is 12.1 Å². The fourth-order valence-corrected chi connectivity index (χ4v) is 3.14. The molecule has 1 aliphatic heterocycles. The number of hydrogen-bond donors (Lipinski definition) is 0. The Morgan fingerprint density at radius 1 is 1.25 bits per heavy atom. The fourth-order valence-electron chi connectivity index (χ4n) is 2.13. The average Bonchev–Trinajstić information content (AvgIpc) is 2.38. The number of halogens is 1. The molecule has 20 heavy (non-hydrogen) atoms. The summed E-state index contributed by atoms with van der Waals surface area (Å²) < 4.78 is 29.9. The van der Waals surface area contributed by atoms with Gasteiger partial charge in [0, 0.05) is 37.7 Å². The predicted molar refractivity (Wildman–Crippen MR) is 79.8 cm³/mol. The van der Waals surface area contributed by atoms with Crippen LogP contribution in [0.3, 0.4) is 0 Å². The Morgan fingerprint density at radius 2 is 1.95 bits per heavy atom. The van der Waals surface area contributed by atoms with E-state index in [0.29, 0.717) is 24.7 Å². The highest BCUT2D eigenvalue weighted by molar-refractivity contribution is 7.88. The van der Waals surface area contributed by atoms with Crippen LogP contribution in [0.5, 0.6) is 5.75 Å². The zero-order valence-electron chi connectivity index (χ0n) is 11.5. The smallest absolute Gasteiger partial charge is 0.211 e. The van der Waals surface area contributed by atoms with Crippen LogP contribution in [0, 0.1) is 0 Å². The van der Waals surface area contributed by atoms with Crippen LogP contribution in [0.4, 0.5) is 0 Å². The summed E-state index contributed by atoms with van der Waals surface area (Å²) in [5, 5.41) is 0.657. The maximum absolute atomic E-state index is 11.4. The average molecular weight is 319 g/mol. The van der Waals surface area contributed by atoms with Crippen LogP contribution in [0.15, 0.2) is 24.3 Å². The summed E-state index contributed by atoms with van der Waals surface area (Å²) in [6, 6.07) is 7.30.